The summed E-state index contributed by atoms with van der Waals surface area (Å²) in [5, 5.41) is 3.53. The topological polar surface area (TPSA) is 114 Å². The molecule has 3 aromatic carbocycles. The van der Waals surface area contributed by atoms with Gasteiger partial charge in [-0.1, -0.05) is 17.7 Å². The zero-order valence-corrected chi connectivity index (χ0v) is 26.2. The van der Waals surface area contributed by atoms with Gasteiger partial charge in [0.1, 0.15) is 17.8 Å². The molecule has 2 aliphatic rings. The predicted molar refractivity (Wildman–Crippen MR) is 165 cm³/mol. The number of nitrogens with one attached hydrogen (secondary N) is 1. The SMILES string of the molecule is CCOc1ccc(CNC)cc1C1(N2CCCC2c2ncco2)C(=O)N(S(=O)(=O)c2ccc(OC)cc2)c2ccc(Cl)cc21. The number of hydrogen-bond acceptors (Lipinski definition) is 9. The molecule has 230 valence electrons. The van der Waals surface area contributed by atoms with E-state index < -0.39 is 27.5 Å². The van der Waals surface area contributed by atoms with Gasteiger partial charge in [-0.2, -0.15) is 0 Å². The molecule has 44 heavy (non-hydrogen) atoms. The third-order valence-electron chi connectivity index (χ3n) is 8.19. The molecule has 0 radical (unpaired) electrons. The van der Waals surface area contributed by atoms with Crippen LogP contribution < -0.4 is 19.1 Å². The maximum atomic E-state index is 15.4. The van der Waals surface area contributed by atoms with Crippen molar-refractivity contribution >= 4 is 33.2 Å². The molecule has 1 fully saturated rings. The van der Waals surface area contributed by atoms with E-state index in [-0.39, 0.29) is 10.6 Å². The summed E-state index contributed by atoms with van der Waals surface area (Å²) in [7, 11) is -1.06. The molecule has 3 heterocycles. The standard InChI is InChI=1S/C32H33ClN4O6S/c1-4-42-29-14-7-21(20-34-2)18-26(29)32(36-16-5-6-28(36)30-35-15-17-43-30)25-19-22(33)8-13-27(25)37(31(32)38)44(39,40)24-11-9-23(41-3)10-12-24/h7-15,17-19,28,34H,4-6,16,20H2,1-3H3. The Morgan fingerprint density at radius 3 is 2.59 bits per heavy atom. The van der Waals surface area contributed by atoms with E-state index in [1.165, 1.54) is 25.5 Å². The van der Waals surface area contributed by atoms with Gasteiger partial charge in [-0.3, -0.25) is 9.69 Å². The highest BCUT2D eigenvalue weighted by Crippen LogP contribution is 2.56. The minimum atomic E-state index is -4.40. The highest BCUT2D eigenvalue weighted by Gasteiger charge is 2.62. The highest BCUT2D eigenvalue weighted by atomic mass is 35.5. The van der Waals surface area contributed by atoms with Crippen LogP contribution in [0.15, 0.2) is 82.4 Å². The number of carbonyl (C=O) groups is 1. The molecule has 12 heteroatoms. The number of hydrogen-bond donors (Lipinski definition) is 1. The Morgan fingerprint density at radius 1 is 1.11 bits per heavy atom. The van der Waals surface area contributed by atoms with Gasteiger partial charge in [-0.25, -0.2) is 17.7 Å². The third kappa shape index (κ3) is 4.75. The normalized spacial score (nSPS) is 20.2. The molecule has 0 saturated carbocycles. The van der Waals surface area contributed by atoms with Gasteiger partial charge in [0.15, 0.2) is 5.54 Å². The average molecular weight is 637 g/mol. The van der Waals surface area contributed by atoms with Gasteiger partial charge >= 0.3 is 0 Å². The lowest BCUT2D eigenvalue weighted by molar-refractivity contribution is -0.127. The van der Waals surface area contributed by atoms with Crippen LogP contribution in [-0.4, -0.2) is 51.5 Å². The van der Waals surface area contributed by atoms with E-state index >= 15 is 4.79 Å². The van der Waals surface area contributed by atoms with E-state index in [1.807, 2.05) is 37.1 Å². The van der Waals surface area contributed by atoms with E-state index in [1.54, 1.807) is 36.5 Å². The van der Waals surface area contributed by atoms with Crippen LogP contribution in [0.5, 0.6) is 11.5 Å². The van der Waals surface area contributed by atoms with E-state index in [0.717, 1.165) is 16.3 Å². The maximum absolute atomic E-state index is 15.4. The van der Waals surface area contributed by atoms with Crippen LogP contribution in [0.25, 0.3) is 0 Å². The Morgan fingerprint density at radius 2 is 1.91 bits per heavy atom. The monoisotopic (exact) mass is 636 g/mol. The third-order valence-corrected chi connectivity index (χ3v) is 10.1. The van der Waals surface area contributed by atoms with Crippen molar-refractivity contribution in [3.05, 3.63) is 101 Å². The fourth-order valence-electron chi connectivity index (χ4n) is 6.41. The number of halogens is 1. The number of amides is 1. The Bertz CT molecular complexity index is 1780. The van der Waals surface area contributed by atoms with E-state index in [9.17, 15) is 8.42 Å². The number of oxazole rings is 1. The number of fused-ring (bicyclic) bond motifs is 1. The van der Waals surface area contributed by atoms with Crippen molar-refractivity contribution in [1.29, 1.82) is 0 Å². The first-order valence-corrected chi connectivity index (χ1v) is 16.2. The molecule has 1 amide bonds. The number of aromatic nitrogens is 1. The number of ether oxygens (including phenoxy) is 2. The Hall–Kier alpha value is -3.90. The average Bonchev–Trinajstić information content (AvgIpc) is 3.77. The molecule has 1 aromatic heterocycles. The van der Waals surface area contributed by atoms with Gasteiger partial charge in [0, 0.05) is 29.2 Å². The molecular formula is C32H33ClN4O6S. The quantitative estimate of drug-likeness (QED) is 0.249. The molecule has 0 bridgehead atoms. The van der Waals surface area contributed by atoms with Crippen molar-refractivity contribution in [2.75, 3.05) is 31.6 Å². The van der Waals surface area contributed by atoms with Crippen LogP contribution in [0, 0.1) is 0 Å². The number of likely N-dealkylation sites (tertiary alicyclic amines) is 1. The molecular weight excluding hydrogens is 604 g/mol. The second-order valence-electron chi connectivity index (χ2n) is 10.6. The zero-order chi connectivity index (χ0) is 31.1. The molecule has 10 nitrogen and oxygen atoms in total. The van der Waals surface area contributed by atoms with Crippen LogP contribution in [0.4, 0.5) is 5.69 Å². The lowest BCUT2D eigenvalue weighted by Gasteiger charge is -2.41. The summed E-state index contributed by atoms with van der Waals surface area (Å²) in [6, 6.07) is 16.1. The van der Waals surface area contributed by atoms with Gasteiger partial charge in [0.2, 0.25) is 5.89 Å². The van der Waals surface area contributed by atoms with E-state index in [2.05, 4.69) is 10.3 Å². The van der Waals surface area contributed by atoms with Gasteiger partial charge in [-0.05, 0) is 87.0 Å². The molecule has 6 rings (SSSR count). The number of sulfonamides is 1. The molecule has 2 aliphatic heterocycles. The maximum Gasteiger partial charge on any atom is 0.271 e. The minimum absolute atomic E-state index is 0.0528. The number of carbonyl (C=O) groups excluding carboxylic acids is 1. The van der Waals surface area contributed by atoms with Gasteiger partial charge in [0.05, 0.1) is 36.5 Å². The van der Waals surface area contributed by atoms with Crippen LogP contribution >= 0.6 is 11.6 Å². The van der Waals surface area contributed by atoms with Crippen LogP contribution in [0.2, 0.25) is 5.02 Å². The summed E-state index contributed by atoms with van der Waals surface area (Å²) in [6.07, 6.45) is 4.44. The van der Waals surface area contributed by atoms with Crippen molar-refractivity contribution in [2.45, 2.75) is 42.8 Å². The van der Waals surface area contributed by atoms with Crippen LogP contribution in [-0.2, 0) is 26.9 Å². The first-order valence-electron chi connectivity index (χ1n) is 14.4. The lowest BCUT2D eigenvalue weighted by Crippen LogP contribution is -2.54. The number of nitrogens with zero attached hydrogens (tertiary/aromatic N) is 3. The Balaban J connectivity index is 1.67. The molecule has 2 unspecified atom stereocenters. The second kappa shape index (κ2) is 11.9. The fraction of sp³-hybridized carbons (Fsp3) is 0.312. The summed E-state index contributed by atoms with van der Waals surface area (Å²) in [5.74, 6) is 0.742. The Labute approximate surface area is 261 Å². The van der Waals surface area contributed by atoms with Crippen molar-refractivity contribution in [3.63, 3.8) is 0 Å². The van der Waals surface area contributed by atoms with Gasteiger partial charge in [-0.15, -0.1) is 0 Å². The van der Waals surface area contributed by atoms with Crippen molar-refractivity contribution in [2.24, 2.45) is 0 Å². The van der Waals surface area contributed by atoms with Gasteiger partial charge in [0.25, 0.3) is 15.9 Å². The minimum Gasteiger partial charge on any atom is -0.497 e. The number of methoxy groups -OCH3 is 1. The predicted octanol–water partition coefficient (Wildman–Crippen LogP) is 5.27. The number of benzene rings is 3. The number of rotatable bonds is 10. The lowest BCUT2D eigenvalue weighted by atomic mass is 9.80. The first-order chi connectivity index (χ1) is 21.3. The van der Waals surface area contributed by atoms with Crippen molar-refractivity contribution < 1.29 is 27.1 Å². The molecule has 4 aromatic rings. The Kier molecular flexibility index (Phi) is 8.14. The zero-order valence-electron chi connectivity index (χ0n) is 24.6. The van der Waals surface area contributed by atoms with Crippen LogP contribution in [0.1, 0.15) is 48.4 Å². The summed E-state index contributed by atoms with van der Waals surface area (Å²) in [5.41, 5.74) is 0.420. The first kappa shape index (κ1) is 30.1. The summed E-state index contributed by atoms with van der Waals surface area (Å²) in [6.45, 7) is 3.18. The van der Waals surface area contributed by atoms with Gasteiger partial charge < -0.3 is 19.2 Å². The smallest absolute Gasteiger partial charge is 0.271 e. The van der Waals surface area contributed by atoms with E-state index in [4.69, 9.17) is 25.5 Å². The van der Waals surface area contributed by atoms with E-state index in [0.29, 0.717) is 59.7 Å². The molecule has 0 aliphatic carbocycles. The summed E-state index contributed by atoms with van der Waals surface area (Å²) in [4.78, 5) is 21.8. The van der Waals surface area contributed by atoms with Crippen molar-refractivity contribution in [1.82, 2.24) is 15.2 Å². The molecule has 1 saturated heterocycles. The molecule has 1 N–H and O–H groups in total. The highest BCUT2D eigenvalue weighted by molar-refractivity contribution is 7.93. The summed E-state index contributed by atoms with van der Waals surface area (Å²) >= 11 is 6.64. The fourth-order valence-corrected chi connectivity index (χ4v) is 8.04. The molecule has 2 atom stereocenters. The second-order valence-corrected chi connectivity index (χ2v) is 12.9. The van der Waals surface area contributed by atoms with Crippen molar-refractivity contribution in [3.8, 4) is 11.5 Å². The largest absolute Gasteiger partial charge is 0.497 e. The number of anilines is 1. The molecule has 0 spiro atoms. The summed E-state index contributed by atoms with van der Waals surface area (Å²) < 4.78 is 47.0. The van der Waals surface area contributed by atoms with Crippen LogP contribution in [0.3, 0.4) is 0 Å².